The van der Waals surface area contributed by atoms with Gasteiger partial charge in [0.05, 0.1) is 18.9 Å². The maximum atomic E-state index is 12.4. The number of hydrogen-bond donors (Lipinski definition) is 1. The van der Waals surface area contributed by atoms with Crippen molar-refractivity contribution in [3.63, 3.8) is 0 Å². The lowest BCUT2D eigenvalue weighted by Crippen LogP contribution is -2.45. The Morgan fingerprint density at radius 1 is 1.15 bits per heavy atom. The van der Waals surface area contributed by atoms with Crippen LogP contribution in [0.4, 0.5) is 10.5 Å². The van der Waals surface area contributed by atoms with E-state index in [2.05, 4.69) is 17.1 Å². The second-order valence-corrected chi connectivity index (χ2v) is 6.94. The van der Waals surface area contributed by atoms with E-state index in [4.69, 9.17) is 14.2 Å². The number of para-hydroxylation sites is 2. The lowest BCUT2D eigenvalue weighted by atomic mass is 10.1. The number of rotatable bonds is 11. The van der Waals surface area contributed by atoms with E-state index in [1.54, 1.807) is 7.11 Å². The fourth-order valence-electron chi connectivity index (χ4n) is 3.23. The molecule has 1 unspecified atom stereocenters. The van der Waals surface area contributed by atoms with Crippen LogP contribution in [-0.4, -0.2) is 50.6 Å². The number of nitrogens with one attached hydrogen (secondary N) is 1. The molecule has 0 spiro atoms. The van der Waals surface area contributed by atoms with Crippen molar-refractivity contribution in [1.29, 1.82) is 0 Å². The SMILES string of the molecule is CCCCCCOc1ccccc1NC(=O)OC(COC)N1CCCCC1. The van der Waals surface area contributed by atoms with Gasteiger partial charge in [-0.3, -0.25) is 10.2 Å². The van der Waals surface area contributed by atoms with Crippen LogP contribution in [0.5, 0.6) is 5.75 Å². The first-order valence-corrected chi connectivity index (χ1v) is 10.2. The third kappa shape index (κ3) is 7.77. The van der Waals surface area contributed by atoms with E-state index in [-0.39, 0.29) is 6.23 Å². The average molecular weight is 379 g/mol. The summed E-state index contributed by atoms with van der Waals surface area (Å²) in [5.41, 5.74) is 0.632. The van der Waals surface area contributed by atoms with Gasteiger partial charge in [0.2, 0.25) is 0 Å². The standard InChI is InChI=1S/C21H34N2O4/c1-3-4-5-11-16-26-19-13-8-7-12-18(19)22-21(24)27-20(17-25-2)23-14-9-6-10-15-23/h7-8,12-13,20H,3-6,9-11,14-17H2,1-2H3,(H,22,24). The van der Waals surface area contributed by atoms with Crippen LogP contribution in [0, 0.1) is 0 Å². The monoisotopic (exact) mass is 378 g/mol. The first-order chi connectivity index (χ1) is 13.2. The van der Waals surface area contributed by atoms with Crippen LogP contribution in [-0.2, 0) is 9.47 Å². The zero-order valence-electron chi connectivity index (χ0n) is 16.7. The number of benzene rings is 1. The van der Waals surface area contributed by atoms with E-state index in [1.807, 2.05) is 24.3 Å². The Balaban J connectivity index is 1.87. The van der Waals surface area contributed by atoms with Crippen LogP contribution >= 0.6 is 0 Å². The fourth-order valence-corrected chi connectivity index (χ4v) is 3.23. The molecule has 1 aromatic carbocycles. The van der Waals surface area contributed by atoms with Gasteiger partial charge in [-0.2, -0.15) is 0 Å². The second-order valence-electron chi connectivity index (χ2n) is 6.94. The highest BCUT2D eigenvalue weighted by Crippen LogP contribution is 2.24. The molecule has 0 aromatic heterocycles. The molecule has 2 rings (SSSR count). The summed E-state index contributed by atoms with van der Waals surface area (Å²) >= 11 is 0. The molecule has 0 saturated carbocycles. The third-order valence-corrected chi connectivity index (χ3v) is 4.73. The highest BCUT2D eigenvalue weighted by Gasteiger charge is 2.24. The van der Waals surface area contributed by atoms with Crippen molar-refractivity contribution < 1.29 is 19.0 Å². The number of hydrogen-bond acceptors (Lipinski definition) is 5. The van der Waals surface area contributed by atoms with Gasteiger partial charge in [0.15, 0.2) is 6.23 Å². The summed E-state index contributed by atoms with van der Waals surface area (Å²) in [5, 5.41) is 2.82. The molecule has 1 fully saturated rings. The predicted molar refractivity (Wildman–Crippen MR) is 107 cm³/mol. The molecule has 152 valence electrons. The summed E-state index contributed by atoms with van der Waals surface area (Å²) < 4.78 is 16.7. The smallest absolute Gasteiger partial charge is 0.413 e. The lowest BCUT2D eigenvalue weighted by molar-refractivity contribution is -0.0586. The number of likely N-dealkylation sites (tertiary alicyclic amines) is 1. The molecule has 27 heavy (non-hydrogen) atoms. The van der Waals surface area contributed by atoms with Crippen molar-refractivity contribution >= 4 is 11.8 Å². The number of carbonyl (C=O) groups is 1. The molecule has 1 aliphatic rings. The van der Waals surface area contributed by atoms with Crippen molar-refractivity contribution in [3.8, 4) is 5.75 Å². The molecule has 0 bridgehead atoms. The molecule has 0 aliphatic carbocycles. The van der Waals surface area contributed by atoms with E-state index < -0.39 is 6.09 Å². The minimum Gasteiger partial charge on any atom is -0.491 e. The maximum Gasteiger partial charge on any atom is 0.413 e. The largest absolute Gasteiger partial charge is 0.491 e. The van der Waals surface area contributed by atoms with E-state index in [0.29, 0.717) is 24.7 Å². The molecule has 1 heterocycles. The van der Waals surface area contributed by atoms with Crippen LogP contribution in [0.15, 0.2) is 24.3 Å². The normalized spacial score (nSPS) is 15.9. The second kappa shape index (κ2) is 12.6. The Morgan fingerprint density at radius 2 is 1.93 bits per heavy atom. The zero-order valence-corrected chi connectivity index (χ0v) is 16.7. The van der Waals surface area contributed by atoms with Gasteiger partial charge in [-0.15, -0.1) is 0 Å². The summed E-state index contributed by atoms with van der Waals surface area (Å²) in [6.07, 6.45) is 7.21. The van der Waals surface area contributed by atoms with Gasteiger partial charge in [-0.1, -0.05) is 44.7 Å². The van der Waals surface area contributed by atoms with Crippen LogP contribution in [0.3, 0.4) is 0 Å². The summed E-state index contributed by atoms with van der Waals surface area (Å²) in [6, 6.07) is 7.47. The van der Waals surface area contributed by atoms with Gasteiger partial charge in [-0.05, 0) is 31.4 Å². The molecule has 1 saturated heterocycles. The lowest BCUT2D eigenvalue weighted by Gasteiger charge is -2.33. The number of methoxy groups -OCH3 is 1. The highest BCUT2D eigenvalue weighted by atomic mass is 16.6. The summed E-state index contributed by atoms with van der Waals surface area (Å²) in [4.78, 5) is 14.6. The van der Waals surface area contributed by atoms with Crippen molar-refractivity contribution in [2.75, 3.05) is 38.7 Å². The molecule has 1 aromatic rings. The molecular weight excluding hydrogens is 344 g/mol. The number of carbonyl (C=O) groups excluding carboxylic acids is 1. The number of amides is 1. The van der Waals surface area contributed by atoms with Crippen molar-refractivity contribution in [2.45, 2.75) is 58.1 Å². The molecule has 6 heteroatoms. The van der Waals surface area contributed by atoms with Gasteiger partial charge in [0.1, 0.15) is 5.75 Å². The maximum absolute atomic E-state index is 12.4. The van der Waals surface area contributed by atoms with Crippen LogP contribution < -0.4 is 10.1 Å². The first-order valence-electron chi connectivity index (χ1n) is 10.2. The number of piperidine rings is 1. The van der Waals surface area contributed by atoms with Crippen molar-refractivity contribution in [1.82, 2.24) is 4.90 Å². The van der Waals surface area contributed by atoms with Crippen LogP contribution in [0.2, 0.25) is 0 Å². The van der Waals surface area contributed by atoms with E-state index in [9.17, 15) is 4.79 Å². The number of ether oxygens (including phenoxy) is 3. The number of anilines is 1. The quantitative estimate of drug-likeness (QED) is 0.568. The predicted octanol–water partition coefficient (Wildman–Crippen LogP) is 4.65. The number of unbranched alkanes of at least 4 members (excludes halogenated alkanes) is 3. The van der Waals surface area contributed by atoms with Crippen molar-refractivity contribution in [3.05, 3.63) is 24.3 Å². The molecular formula is C21H34N2O4. The molecule has 1 aliphatic heterocycles. The van der Waals surface area contributed by atoms with Crippen molar-refractivity contribution in [2.24, 2.45) is 0 Å². The summed E-state index contributed by atoms with van der Waals surface area (Å²) in [7, 11) is 1.62. The summed E-state index contributed by atoms with van der Waals surface area (Å²) in [6.45, 7) is 5.06. The Morgan fingerprint density at radius 3 is 2.67 bits per heavy atom. The third-order valence-electron chi connectivity index (χ3n) is 4.73. The topological polar surface area (TPSA) is 60.0 Å². The van der Waals surface area contributed by atoms with Crippen LogP contribution in [0.25, 0.3) is 0 Å². The van der Waals surface area contributed by atoms with Gasteiger partial charge >= 0.3 is 6.09 Å². The Bertz CT molecular complexity index is 547. The molecule has 1 amide bonds. The first kappa shape index (κ1) is 21.5. The summed E-state index contributed by atoms with van der Waals surface area (Å²) in [5.74, 6) is 0.673. The highest BCUT2D eigenvalue weighted by molar-refractivity contribution is 5.86. The Labute approximate surface area is 163 Å². The van der Waals surface area contributed by atoms with Gasteiger partial charge in [-0.25, -0.2) is 4.79 Å². The minimum absolute atomic E-state index is 0.363. The molecule has 1 atom stereocenters. The Kier molecular flexibility index (Phi) is 10.0. The number of nitrogens with zero attached hydrogens (tertiary/aromatic N) is 1. The van der Waals surface area contributed by atoms with E-state index in [1.165, 1.54) is 19.3 Å². The fraction of sp³-hybridized carbons (Fsp3) is 0.667. The zero-order chi connectivity index (χ0) is 19.3. The molecule has 6 nitrogen and oxygen atoms in total. The van der Waals surface area contributed by atoms with Gasteiger partial charge < -0.3 is 14.2 Å². The minimum atomic E-state index is -0.482. The van der Waals surface area contributed by atoms with E-state index >= 15 is 0 Å². The molecule has 1 N–H and O–H groups in total. The average Bonchev–Trinajstić information content (AvgIpc) is 2.69. The van der Waals surface area contributed by atoms with E-state index in [0.717, 1.165) is 38.8 Å². The van der Waals surface area contributed by atoms with Gasteiger partial charge in [0.25, 0.3) is 0 Å². The van der Waals surface area contributed by atoms with Gasteiger partial charge in [0, 0.05) is 20.2 Å². The Hall–Kier alpha value is -1.79. The molecule has 0 radical (unpaired) electrons. The van der Waals surface area contributed by atoms with Crippen LogP contribution in [0.1, 0.15) is 51.9 Å².